The van der Waals surface area contributed by atoms with Gasteiger partial charge >= 0.3 is 12.1 Å². The van der Waals surface area contributed by atoms with Crippen molar-refractivity contribution in [1.82, 2.24) is 4.90 Å². The first-order valence-corrected chi connectivity index (χ1v) is 11.7. The number of carbonyl (C=O) groups is 1. The number of nitriles is 1. The summed E-state index contributed by atoms with van der Waals surface area (Å²) >= 11 is 0. The van der Waals surface area contributed by atoms with Crippen LogP contribution in [0.4, 0.5) is 13.2 Å². The molecule has 3 aromatic carbocycles. The van der Waals surface area contributed by atoms with Gasteiger partial charge in [0.2, 0.25) is 0 Å². The Labute approximate surface area is 212 Å². The average molecular weight is 511 g/mol. The maximum atomic E-state index is 13.4. The molecule has 192 valence electrons. The largest absolute Gasteiger partial charge is 0.489 e. The van der Waals surface area contributed by atoms with Crippen molar-refractivity contribution in [2.75, 3.05) is 13.2 Å². The van der Waals surface area contributed by atoms with Crippen molar-refractivity contribution < 1.29 is 32.9 Å². The third kappa shape index (κ3) is 6.67. The van der Waals surface area contributed by atoms with Gasteiger partial charge in [0.15, 0.2) is 0 Å². The number of rotatable bonds is 10. The van der Waals surface area contributed by atoms with E-state index in [2.05, 4.69) is 0 Å². The number of alkyl halides is 3. The van der Waals surface area contributed by atoms with E-state index in [1.807, 2.05) is 11.0 Å². The van der Waals surface area contributed by atoms with E-state index in [0.29, 0.717) is 5.56 Å². The lowest BCUT2D eigenvalue weighted by Gasteiger charge is -2.26. The molecule has 3 aromatic rings. The van der Waals surface area contributed by atoms with Crippen LogP contribution in [0.25, 0.3) is 11.1 Å². The first-order valence-electron chi connectivity index (χ1n) is 11.7. The number of aliphatic hydroxyl groups excluding tert-OH is 1. The number of ether oxygens (including phenoxy) is 1. The number of aliphatic hydroxyl groups is 1. The van der Waals surface area contributed by atoms with E-state index in [1.165, 1.54) is 24.3 Å². The predicted molar refractivity (Wildman–Crippen MR) is 130 cm³/mol. The zero-order valence-electron chi connectivity index (χ0n) is 19.8. The summed E-state index contributed by atoms with van der Waals surface area (Å²) in [6.07, 6.45) is -3.75. The van der Waals surface area contributed by atoms with Gasteiger partial charge < -0.3 is 14.9 Å². The molecule has 1 aliphatic rings. The van der Waals surface area contributed by atoms with Crippen molar-refractivity contribution in [2.24, 2.45) is 0 Å². The zero-order valence-corrected chi connectivity index (χ0v) is 19.8. The molecular weight excluding hydrogens is 485 g/mol. The molecule has 0 aromatic heterocycles. The first kappa shape index (κ1) is 26.2. The Balaban J connectivity index is 1.44. The molecule has 0 radical (unpaired) electrons. The number of nitrogens with zero attached hydrogens (tertiary/aromatic N) is 2. The molecule has 0 unspecified atom stereocenters. The second-order valence-electron chi connectivity index (χ2n) is 8.99. The maximum Gasteiger partial charge on any atom is 0.416 e. The molecule has 37 heavy (non-hydrogen) atoms. The molecule has 1 saturated carbocycles. The van der Waals surface area contributed by atoms with E-state index >= 15 is 0 Å². The fourth-order valence-corrected chi connectivity index (χ4v) is 4.16. The number of hydrogen-bond acceptors (Lipinski definition) is 5. The molecule has 9 heteroatoms. The second-order valence-corrected chi connectivity index (χ2v) is 8.99. The maximum absolute atomic E-state index is 13.4. The van der Waals surface area contributed by atoms with Gasteiger partial charge in [0.1, 0.15) is 24.5 Å². The van der Waals surface area contributed by atoms with Gasteiger partial charge in [-0.3, -0.25) is 4.90 Å². The van der Waals surface area contributed by atoms with E-state index in [4.69, 9.17) is 9.84 Å². The standard InChI is InChI=1S/C28H25F3N2O4/c29-28(30,31)25-4-2-1-3-22(25)15-33(23-11-12-23)16-24(34)17-37-26-13-20(9-10-21(26)14-32)18-5-7-19(8-6-18)27(35)36/h1-10,13,23-24,34H,11-12,15-17H2,(H,35,36)/t24-/m1/s1. The van der Waals surface area contributed by atoms with E-state index < -0.39 is 23.8 Å². The SMILES string of the molecule is N#Cc1ccc(-c2ccc(C(=O)O)cc2)cc1OC[C@H](O)CN(Cc1ccccc1C(F)(F)F)C1CC1. The summed E-state index contributed by atoms with van der Waals surface area (Å²) in [5.74, 6) is -0.784. The molecule has 6 nitrogen and oxygen atoms in total. The predicted octanol–water partition coefficient (Wildman–Crippen LogP) is 5.35. The van der Waals surface area contributed by atoms with E-state index in [1.54, 1.807) is 36.4 Å². The minimum absolute atomic E-state index is 0.0582. The fourth-order valence-electron chi connectivity index (χ4n) is 4.16. The molecule has 1 atom stereocenters. The quantitative estimate of drug-likeness (QED) is 0.382. The summed E-state index contributed by atoms with van der Waals surface area (Å²) in [5.41, 5.74) is 1.31. The van der Waals surface area contributed by atoms with Crippen LogP contribution in [0.3, 0.4) is 0 Å². The number of aromatic carboxylic acids is 1. The van der Waals surface area contributed by atoms with Gasteiger partial charge in [-0.05, 0) is 59.9 Å². The summed E-state index contributed by atoms with van der Waals surface area (Å²) in [7, 11) is 0. The van der Waals surface area contributed by atoms with Crippen LogP contribution in [-0.2, 0) is 12.7 Å². The van der Waals surface area contributed by atoms with Crippen LogP contribution in [0.2, 0.25) is 0 Å². The highest BCUT2D eigenvalue weighted by molar-refractivity contribution is 5.88. The first-order chi connectivity index (χ1) is 17.7. The van der Waals surface area contributed by atoms with Crippen LogP contribution in [-0.4, -0.2) is 46.4 Å². The number of hydrogen-bond donors (Lipinski definition) is 2. The van der Waals surface area contributed by atoms with E-state index in [0.717, 1.165) is 24.5 Å². The number of halogens is 3. The summed E-state index contributed by atoms with van der Waals surface area (Å²) in [6.45, 7) is 0.0258. The minimum atomic E-state index is -4.46. The Morgan fingerprint density at radius 2 is 1.76 bits per heavy atom. The number of carboxylic acid groups (broad SMARTS) is 1. The van der Waals surface area contributed by atoms with E-state index in [-0.39, 0.29) is 48.2 Å². The van der Waals surface area contributed by atoms with Gasteiger partial charge in [0.05, 0.1) is 16.7 Å². The van der Waals surface area contributed by atoms with Crippen LogP contribution in [0.15, 0.2) is 66.7 Å². The third-order valence-electron chi connectivity index (χ3n) is 6.20. The Morgan fingerprint density at radius 1 is 1.08 bits per heavy atom. The molecule has 0 bridgehead atoms. The fraction of sp³-hybridized carbons (Fsp3) is 0.286. The highest BCUT2D eigenvalue weighted by Crippen LogP contribution is 2.35. The van der Waals surface area contributed by atoms with Crippen molar-refractivity contribution in [3.05, 3.63) is 89.0 Å². The normalized spacial score (nSPS) is 14.3. The van der Waals surface area contributed by atoms with Crippen LogP contribution in [0.1, 0.15) is 39.9 Å². The lowest BCUT2D eigenvalue weighted by molar-refractivity contribution is -0.138. The van der Waals surface area contributed by atoms with Gasteiger partial charge in [-0.15, -0.1) is 0 Å². The molecule has 0 saturated heterocycles. The smallest absolute Gasteiger partial charge is 0.416 e. The van der Waals surface area contributed by atoms with Gasteiger partial charge in [-0.1, -0.05) is 36.4 Å². The lowest BCUT2D eigenvalue weighted by Crippen LogP contribution is -2.37. The van der Waals surface area contributed by atoms with Crippen LogP contribution >= 0.6 is 0 Å². The van der Waals surface area contributed by atoms with E-state index in [9.17, 15) is 28.3 Å². The van der Waals surface area contributed by atoms with Gasteiger partial charge in [-0.2, -0.15) is 18.4 Å². The van der Waals surface area contributed by atoms with Gasteiger partial charge in [-0.25, -0.2) is 4.79 Å². The second kappa shape index (κ2) is 11.0. The van der Waals surface area contributed by atoms with Crippen molar-refractivity contribution in [1.29, 1.82) is 5.26 Å². The highest BCUT2D eigenvalue weighted by Gasteiger charge is 2.36. The Morgan fingerprint density at radius 3 is 2.38 bits per heavy atom. The third-order valence-corrected chi connectivity index (χ3v) is 6.20. The topological polar surface area (TPSA) is 93.8 Å². The zero-order chi connectivity index (χ0) is 26.6. The minimum Gasteiger partial charge on any atom is -0.489 e. The van der Waals surface area contributed by atoms with Crippen molar-refractivity contribution in [3.63, 3.8) is 0 Å². The molecule has 0 aliphatic heterocycles. The average Bonchev–Trinajstić information content (AvgIpc) is 3.72. The van der Waals surface area contributed by atoms with Crippen LogP contribution in [0, 0.1) is 11.3 Å². The summed E-state index contributed by atoms with van der Waals surface area (Å²) < 4.78 is 46.1. The summed E-state index contributed by atoms with van der Waals surface area (Å²) in [4.78, 5) is 12.9. The molecule has 1 aliphatic carbocycles. The molecule has 0 heterocycles. The summed E-state index contributed by atoms with van der Waals surface area (Å²) in [6, 6.07) is 18.8. The van der Waals surface area contributed by atoms with Crippen molar-refractivity contribution in [2.45, 2.75) is 37.7 Å². The molecule has 0 spiro atoms. The van der Waals surface area contributed by atoms with Gasteiger partial charge in [0.25, 0.3) is 0 Å². The molecule has 2 N–H and O–H groups in total. The Kier molecular flexibility index (Phi) is 7.81. The Hall–Kier alpha value is -3.87. The van der Waals surface area contributed by atoms with Crippen LogP contribution in [0.5, 0.6) is 5.75 Å². The molecule has 4 rings (SSSR count). The molecule has 0 amide bonds. The number of carboxylic acids is 1. The van der Waals surface area contributed by atoms with Gasteiger partial charge in [0, 0.05) is 19.1 Å². The van der Waals surface area contributed by atoms with Crippen molar-refractivity contribution >= 4 is 5.97 Å². The molecular formula is C28H25F3N2O4. The lowest BCUT2D eigenvalue weighted by atomic mass is 10.0. The highest BCUT2D eigenvalue weighted by atomic mass is 19.4. The Bertz CT molecular complexity index is 1300. The monoisotopic (exact) mass is 510 g/mol. The molecule has 1 fully saturated rings. The van der Waals surface area contributed by atoms with Crippen LogP contribution < -0.4 is 4.74 Å². The summed E-state index contributed by atoms with van der Waals surface area (Å²) in [5, 5.41) is 29.2. The number of benzene rings is 3. The van der Waals surface area contributed by atoms with Crippen molar-refractivity contribution in [3.8, 4) is 22.9 Å².